The first-order chi connectivity index (χ1) is 7.88. The van der Waals surface area contributed by atoms with Crippen molar-refractivity contribution in [3.05, 3.63) is 11.9 Å². The highest BCUT2D eigenvalue weighted by Crippen LogP contribution is 2.15. The first-order valence-corrected chi connectivity index (χ1v) is 5.02. The summed E-state index contributed by atoms with van der Waals surface area (Å²) in [5.41, 5.74) is 5.83. The third-order valence-electron chi connectivity index (χ3n) is 2.33. The van der Waals surface area contributed by atoms with E-state index in [2.05, 4.69) is 9.84 Å². The van der Waals surface area contributed by atoms with Crippen LogP contribution in [0.1, 0.15) is 23.5 Å². The van der Waals surface area contributed by atoms with Crippen molar-refractivity contribution in [2.24, 2.45) is 0 Å². The number of carbonyl (C=O) groups excluding carboxylic acids is 2. The van der Waals surface area contributed by atoms with E-state index in [0.29, 0.717) is 0 Å². The lowest BCUT2D eigenvalue weighted by molar-refractivity contribution is -0.132. The first kappa shape index (κ1) is 13.0. The van der Waals surface area contributed by atoms with E-state index in [4.69, 9.17) is 5.73 Å². The molecule has 1 unspecified atom stereocenters. The average molecular weight is 240 g/mol. The number of carbonyl (C=O) groups is 2. The van der Waals surface area contributed by atoms with E-state index in [1.165, 1.54) is 22.9 Å². The van der Waals surface area contributed by atoms with Gasteiger partial charge in [0.05, 0.1) is 12.8 Å². The van der Waals surface area contributed by atoms with Crippen molar-refractivity contribution in [2.75, 3.05) is 26.9 Å². The minimum Gasteiger partial charge on any atom is -0.464 e. The van der Waals surface area contributed by atoms with Gasteiger partial charge in [0.25, 0.3) is 0 Å². The molecular formula is C10H16N4O3. The number of nitrogens with zero attached hydrogens (tertiary/aromatic N) is 3. The molecule has 1 aromatic rings. The fraction of sp³-hybridized carbons (Fsp3) is 0.500. The van der Waals surface area contributed by atoms with Crippen LogP contribution in [-0.4, -0.2) is 47.8 Å². The number of nitrogen functional groups attached to an aromatic ring is 1. The fourth-order valence-electron chi connectivity index (χ4n) is 1.35. The summed E-state index contributed by atoms with van der Waals surface area (Å²) < 4.78 is 5.88. The molecule has 0 spiro atoms. The monoisotopic (exact) mass is 240 g/mol. The largest absolute Gasteiger partial charge is 0.464 e. The number of hydrogen-bond donors (Lipinski definition) is 1. The molecule has 1 amide bonds. The predicted molar refractivity (Wildman–Crippen MR) is 61.4 cm³/mol. The first-order valence-electron chi connectivity index (χ1n) is 5.02. The third-order valence-corrected chi connectivity index (χ3v) is 2.33. The number of esters is 1. The number of aromatic nitrogens is 2. The Balaban J connectivity index is 3.01. The molecule has 0 bridgehead atoms. The molecule has 1 atom stereocenters. The molecule has 0 saturated carbocycles. The molecule has 0 radical (unpaired) electrons. The van der Waals surface area contributed by atoms with Crippen molar-refractivity contribution in [3.63, 3.8) is 0 Å². The summed E-state index contributed by atoms with van der Waals surface area (Å²) >= 11 is 0. The number of likely N-dealkylation sites (N-methyl/N-ethyl adjacent to an activating group) is 1. The Labute approximate surface area is 99.1 Å². The summed E-state index contributed by atoms with van der Waals surface area (Å²) in [4.78, 5) is 24.5. The van der Waals surface area contributed by atoms with E-state index in [1.54, 1.807) is 21.0 Å². The Morgan fingerprint density at radius 1 is 1.53 bits per heavy atom. The third kappa shape index (κ3) is 2.55. The highest BCUT2D eigenvalue weighted by molar-refractivity contribution is 5.92. The Hall–Kier alpha value is -2.05. The lowest BCUT2D eigenvalue weighted by Crippen LogP contribution is -2.30. The predicted octanol–water partition coefficient (Wildman–Crippen LogP) is -0.0989. The fourth-order valence-corrected chi connectivity index (χ4v) is 1.35. The number of rotatable bonds is 3. The van der Waals surface area contributed by atoms with E-state index < -0.39 is 12.0 Å². The Morgan fingerprint density at radius 3 is 2.59 bits per heavy atom. The van der Waals surface area contributed by atoms with Crippen molar-refractivity contribution >= 4 is 17.6 Å². The zero-order chi connectivity index (χ0) is 13.2. The Morgan fingerprint density at radius 2 is 2.12 bits per heavy atom. The minimum absolute atomic E-state index is 0.0194. The summed E-state index contributed by atoms with van der Waals surface area (Å²) in [5, 5.41) is 3.95. The lowest BCUT2D eigenvalue weighted by Gasteiger charge is -2.16. The second-order valence-electron chi connectivity index (χ2n) is 3.81. The van der Waals surface area contributed by atoms with Crippen LogP contribution < -0.4 is 5.73 Å². The SMILES string of the molecule is COC(=O)c1nn(C(C)C(=O)N(C)C)cc1N. The molecule has 1 rings (SSSR count). The van der Waals surface area contributed by atoms with Crippen LogP contribution in [0, 0.1) is 0 Å². The molecule has 7 heteroatoms. The second-order valence-corrected chi connectivity index (χ2v) is 3.81. The lowest BCUT2D eigenvalue weighted by atomic mass is 10.3. The summed E-state index contributed by atoms with van der Waals surface area (Å²) in [5.74, 6) is -0.755. The number of ether oxygens (including phenoxy) is 1. The van der Waals surface area contributed by atoms with Crippen LogP contribution in [-0.2, 0) is 9.53 Å². The molecule has 0 saturated heterocycles. The van der Waals surface area contributed by atoms with Gasteiger partial charge in [-0.3, -0.25) is 9.48 Å². The van der Waals surface area contributed by atoms with Gasteiger partial charge in [-0.1, -0.05) is 0 Å². The van der Waals surface area contributed by atoms with E-state index in [-0.39, 0.29) is 17.3 Å². The van der Waals surface area contributed by atoms with Crippen molar-refractivity contribution < 1.29 is 14.3 Å². The Kier molecular flexibility index (Phi) is 3.72. The normalized spacial score (nSPS) is 12.0. The van der Waals surface area contributed by atoms with Gasteiger partial charge in [-0.05, 0) is 6.92 Å². The summed E-state index contributed by atoms with van der Waals surface area (Å²) in [6, 6.07) is -0.522. The van der Waals surface area contributed by atoms with Gasteiger partial charge < -0.3 is 15.4 Å². The molecule has 0 fully saturated rings. The molecule has 7 nitrogen and oxygen atoms in total. The van der Waals surface area contributed by atoms with Crippen LogP contribution in [0.15, 0.2) is 6.20 Å². The molecule has 17 heavy (non-hydrogen) atoms. The van der Waals surface area contributed by atoms with Crippen molar-refractivity contribution in [3.8, 4) is 0 Å². The second kappa shape index (κ2) is 4.86. The zero-order valence-corrected chi connectivity index (χ0v) is 10.3. The van der Waals surface area contributed by atoms with E-state index >= 15 is 0 Å². The van der Waals surface area contributed by atoms with Crippen LogP contribution in [0.5, 0.6) is 0 Å². The smallest absolute Gasteiger partial charge is 0.360 e. The summed E-state index contributed by atoms with van der Waals surface area (Å²) in [6.07, 6.45) is 1.44. The van der Waals surface area contributed by atoms with Gasteiger partial charge in [0.1, 0.15) is 6.04 Å². The zero-order valence-electron chi connectivity index (χ0n) is 10.3. The van der Waals surface area contributed by atoms with Crippen LogP contribution in [0.3, 0.4) is 0 Å². The maximum Gasteiger partial charge on any atom is 0.360 e. The van der Waals surface area contributed by atoms with Crippen LogP contribution in [0.2, 0.25) is 0 Å². The van der Waals surface area contributed by atoms with Crippen molar-refractivity contribution in [1.29, 1.82) is 0 Å². The number of nitrogens with two attached hydrogens (primary N) is 1. The number of methoxy groups -OCH3 is 1. The van der Waals surface area contributed by atoms with Gasteiger partial charge in [0.15, 0.2) is 5.69 Å². The summed E-state index contributed by atoms with van der Waals surface area (Å²) in [6.45, 7) is 1.68. The van der Waals surface area contributed by atoms with Gasteiger partial charge in [-0.2, -0.15) is 5.10 Å². The summed E-state index contributed by atoms with van der Waals surface area (Å²) in [7, 11) is 4.54. The van der Waals surface area contributed by atoms with E-state index in [9.17, 15) is 9.59 Å². The highest BCUT2D eigenvalue weighted by Gasteiger charge is 2.22. The van der Waals surface area contributed by atoms with Gasteiger partial charge in [-0.15, -0.1) is 0 Å². The van der Waals surface area contributed by atoms with Crippen molar-refractivity contribution in [2.45, 2.75) is 13.0 Å². The molecule has 1 aromatic heterocycles. The quantitative estimate of drug-likeness (QED) is 0.745. The minimum atomic E-state index is -0.620. The number of hydrogen-bond acceptors (Lipinski definition) is 5. The van der Waals surface area contributed by atoms with Gasteiger partial charge in [0, 0.05) is 20.3 Å². The van der Waals surface area contributed by atoms with Crippen molar-refractivity contribution in [1.82, 2.24) is 14.7 Å². The maximum absolute atomic E-state index is 11.7. The molecule has 0 aromatic carbocycles. The molecular weight excluding hydrogens is 224 g/mol. The van der Waals surface area contributed by atoms with Gasteiger partial charge in [0.2, 0.25) is 5.91 Å². The van der Waals surface area contributed by atoms with Gasteiger partial charge in [-0.25, -0.2) is 4.79 Å². The Bertz CT molecular complexity index is 439. The maximum atomic E-state index is 11.7. The standard InChI is InChI=1S/C10H16N4O3/c1-6(9(15)13(2)3)14-5-7(11)8(12-14)10(16)17-4/h5-6H,11H2,1-4H3. The molecule has 2 N–H and O–H groups in total. The topological polar surface area (TPSA) is 90.4 Å². The van der Waals surface area contributed by atoms with Crippen LogP contribution in [0.25, 0.3) is 0 Å². The van der Waals surface area contributed by atoms with E-state index in [0.717, 1.165) is 0 Å². The average Bonchev–Trinajstić information content (AvgIpc) is 2.68. The highest BCUT2D eigenvalue weighted by atomic mass is 16.5. The van der Waals surface area contributed by atoms with Gasteiger partial charge >= 0.3 is 5.97 Å². The van der Waals surface area contributed by atoms with Crippen LogP contribution >= 0.6 is 0 Å². The van der Waals surface area contributed by atoms with E-state index in [1.807, 2.05) is 0 Å². The molecule has 0 aliphatic heterocycles. The van der Waals surface area contributed by atoms with Crippen LogP contribution in [0.4, 0.5) is 5.69 Å². The number of anilines is 1. The molecule has 1 heterocycles. The molecule has 94 valence electrons. The number of amides is 1. The molecule has 0 aliphatic carbocycles. The molecule has 0 aliphatic rings.